The zero-order chi connectivity index (χ0) is 27.9. The Labute approximate surface area is 232 Å². The number of ether oxygens (including phenoxy) is 1. The van der Waals surface area contributed by atoms with Crippen LogP contribution in [0.3, 0.4) is 0 Å². The number of hydrogen-bond acceptors (Lipinski definition) is 8. The second-order valence-corrected chi connectivity index (χ2v) is 10.5. The average molecular weight is 554 g/mol. The summed E-state index contributed by atoms with van der Waals surface area (Å²) >= 11 is 0. The number of hydrogen-bond donors (Lipinski definition) is 1. The molecule has 3 aromatic rings. The van der Waals surface area contributed by atoms with Crippen LogP contribution in [0, 0.1) is 5.82 Å². The van der Waals surface area contributed by atoms with E-state index in [-0.39, 0.29) is 23.4 Å². The molecule has 0 bridgehead atoms. The van der Waals surface area contributed by atoms with Crippen molar-refractivity contribution in [3.8, 4) is 17.1 Å². The number of halogens is 1. The summed E-state index contributed by atoms with van der Waals surface area (Å²) in [5, 5.41) is 6.69. The molecule has 1 N–H and O–H groups in total. The Bertz CT molecular complexity index is 1270. The molecule has 1 aliphatic heterocycles. The van der Waals surface area contributed by atoms with Gasteiger partial charge in [-0.1, -0.05) is 18.0 Å². The second kappa shape index (κ2) is 13.1. The lowest BCUT2D eigenvalue weighted by Crippen LogP contribution is -2.48. The van der Waals surface area contributed by atoms with E-state index in [4.69, 9.17) is 13.7 Å². The summed E-state index contributed by atoms with van der Waals surface area (Å²) < 4.78 is 31.1. The van der Waals surface area contributed by atoms with Crippen LogP contribution < -0.4 is 10.1 Å². The molecule has 3 heterocycles. The van der Waals surface area contributed by atoms with Gasteiger partial charge in [0.25, 0.3) is 5.91 Å². The normalized spacial score (nSPS) is 17.5. The number of benzene rings is 1. The second-order valence-electron chi connectivity index (χ2n) is 10.5. The van der Waals surface area contributed by atoms with Gasteiger partial charge < -0.3 is 28.8 Å². The van der Waals surface area contributed by atoms with Gasteiger partial charge >= 0.3 is 0 Å². The number of furan rings is 1. The quantitative estimate of drug-likeness (QED) is 0.371. The first kappa shape index (κ1) is 27.8. The molecule has 1 saturated heterocycles. The summed E-state index contributed by atoms with van der Waals surface area (Å²) in [7, 11) is 0. The number of carbonyl (C=O) groups excluding carboxylic acids is 2. The van der Waals surface area contributed by atoms with Crippen molar-refractivity contribution in [1.29, 1.82) is 0 Å². The van der Waals surface area contributed by atoms with E-state index in [0.717, 1.165) is 58.2 Å². The Morgan fingerprint density at radius 2 is 2.00 bits per heavy atom. The van der Waals surface area contributed by atoms with Crippen molar-refractivity contribution in [3.63, 3.8) is 0 Å². The van der Waals surface area contributed by atoms with Crippen molar-refractivity contribution in [2.75, 3.05) is 39.3 Å². The largest absolute Gasteiger partial charge is 0.493 e. The van der Waals surface area contributed by atoms with E-state index in [1.807, 2.05) is 0 Å². The van der Waals surface area contributed by atoms with E-state index in [0.29, 0.717) is 36.9 Å². The van der Waals surface area contributed by atoms with Crippen molar-refractivity contribution >= 4 is 11.8 Å². The van der Waals surface area contributed by atoms with Crippen LogP contribution in [0.1, 0.15) is 67.8 Å². The van der Waals surface area contributed by atoms with Crippen molar-refractivity contribution < 1.29 is 27.7 Å². The zero-order valence-corrected chi connectivity index (χ0v) is 22.8. The van der Waals surface area contributed by atoms with Crippen LogP contribution in [-0.2, 0) is 4.79 Å². The minimum atomic E-state index is -0.640. The van der Waals surface area contributed by atoms with Gasteiger partial charge in [0.05, 0.1) is 18.4 Å². The van der Waals surface area contributed by atoms with E-state index in [1.165, 1.54) is 12.3 Å². The SMILES string of the molecule is CC(NC(=O)c1ccco1)C(=O)N1CCCN(CCCOc2ccc(-c3noc(C4CCCC4)n3)c(F)c2)CC1. The van der Waals surface area contributed by atoms with Crippen LogP contribution >= 0.6 is 0 Å². The molecular formula is C29H36FN5O5. The summed E-state index contributed by atoms with van der Waals surface area (Å²) in [5.41, 5.74) is 0.305. The molecule has 214 valence electrons. The fourth-order valence-electron chi connectivity index (χ4n) is 5.35. The molecule has 1 aromatic carbocycles. The molecule has 11 heteroatoms. The molecule has 0 radical (unpaired) electrons. The number of nitrogens with one attached hydrogen (secondary N) is 1. The highest BCUT2D eigenvalue weighted by Gasteiger charge is 2.26. The number of rotatable bonds is 10. The number of carbonyl (C=O) groups is 2. The molecule has 2 fully saturated rings. The molecule has 2 aliphatic rings. The summed E-state index contributed by atoms with van der Waals surface area (Å²) in [6, 6.07) is 7.28. The van der Waals surface area contributed by atoms with Gasteiger partial charge in [0, 0.05) is 38.2 Å². The molecule has 1 aliphatic carbocycles. The maximum atomic E-state index is 14.8. The first-order chi connectivity index (χ1) is 19.5. The first-order valence-electron chi connectivity index (χ1n) is 14.1. The van der Waals surface area contributed by atoms with E-state index >= 15 is 0 Å². The number of amides is 2. The predicted molar refractivity (Wildman–Crippen MR) is 144 cm³/mol. The third-order valence-corrected chi connectivity index (χ3v) is 7.58. The van der Waals surface area contributed by atoms with E-state index in [9.17, 15) is 14.0 Å². The molecule has 1 saturated carbocycles. The Morgan fingerprint density at radius 1 is 1.15 bits per heavy atom. The van der Waals surface area contributed by atoms with Gasteiger partial charge in [-0.25, -0.2) is 4.39 Å². The molecule has 1 atom stereocenters. The average Bonchev–Trinajstić information content (AvgIpc) is 3.73. The van der Waals surface area contributed by atoms with Gasteiger partial charge in [0.2, 0.25) is 17.6 Å². The van der Waals surface area contributed by atoms with Gasteiger partial charge in [-0.15, -0.1) is 0 Å². The molecule has 2 aromatic heterocycles. The molecular weight excluding hydrogens is 517 g/mol. The summed E-state index contributed by atoms with van der Waals surface area (Å²) in [6.45, 7) is 5.78. The third-order valence-electron chi connectivity index (χ3n) is 7.58. The summed E-state index contributed by atoms with van der Waals surface area (Å²) in [5.74, 6) is 0.841. The van der Waals surface area contributed by atoms with Crippen LogP contribution in [0.5, 0.6) is 5.75 Å². The maximum Gasteiger partial charge on any atom is 0.287 e. The Morgan fingerprint density at radius 3 is 2.77 bits per heavy atom. The summed E-state index contributed by atoms with van der Waals surface area (Å²) in [6.07, 6.45) is 7.43. The highest BCUT2D eigenvalue weighted by Crippen LogP contribution is 2.34. The highest BCUT2D eigenvalue weighted by atomic mass is 19.1. The van der Waals surface area contributed by atoms with Gasteiger partial charge in [-0.05, 0) is 63.4 Å². The monoisotopic (exact) mass is 553 g/mol. The van der Waals surface area contributed by atoms with Gasteiger partial charge in [0.15, 0.2) is 5.76 Å². The standard InChI is InChI=1S/C29H36FN5O5/c1-20(31-27(36)25-9-4-17-39-25)29(37)35-14-5-12-34(15-16-35)13-6-18-38-22-10-11-23(24(30)19-22)26-32-28(40-33-26)21-7-2-3-8-21/h4,9-11,17,19-21H,2-3,5-8,12-16,18H2,1H3,(H,31,36). The van der Waals surface area contributed by atoms with Crippen LogP contribution in [0.2, 0.25) is 0 Å². The lowest BCUT2D eigenvalue weighted by Gasteiger charge is -2.25. The van der Waals surface area contributed by atoms with Crippen molar-refractivity contribution in [3.05, 3.63) is 54.1 Å². The van der Waals surface area contributed by atoms with E-state index < -0.39 is 17.8 Å². The van der Waals surface area contributed by atoms with Gasteiger partial charge in [-0.2, -0.15) is 4.98 Å². The Hall–Kier alpha value is -3.73. The Kier molecular flexibility index (Phi) is 9.10. The fourth-order valence-corrected chi connectivity index (χ4v) is 5.35. The first-order valence-corrected chi connectivity index (χ1v) is 14.1. The minimum absolute atomic E-state index is 0.105. The van der Waals surface area contributed by atoms with E-state index in [1.54, 1.807) is 36.1 Å². The smallest absolute Gasteiger partial charge is 0.287 e. The van der Waals surface area contributed by atoms with Crippen LogP contribution in [0.15, 0.2) is 45.5 Å². The molecule has 10 nitrogen and oxygen atoms in total. The molecule has 0 spiro atoms. The molecule has 5 rings (SSSR count). The highest BCUT2D eigenvalue weighted by molar-refractivity contribution is 5.95. The predicted octanol–water partition coefficient (Wildman–Crippen LogP) is 4.25. The third kappa shape index (κ3) is 6.88. The summed E-state index contributed by atoms with van der Waals surface area (Å²) in [4.78, 5) is 33.6. The minimum Gasteiger partial charge on any atom is -0.493 e. The van der Waals surface area contributed by atoms with E-state index in [2.05, 4.69) is 20.4 Å². The number of aromatic nitrogens is 2. The molecule has 1 unspecified atom stereocenters. The maximum absolute atomic E-state index is 14.8. The van der Waals surface area contributed by atoms with Gasteiger partial charge in [0.1, 0.15) is 17.6 Å². The number of nitrogens with zero attached hydrogens (tertiary/aromatic N) is 4. The molecule has 40 heavy (non-hydrogen) atoms. The van der Waals surface area contributed by atoms with Crippen molar-refractivity contribution in [2.45, 2.75) is 57.4 Å². The lowest BCUT2D eigenvalue weighted by atomic mass is 10.1. The fraction of sp³-hybridized carbons (Fsp3) is 0.517. The van der Waals surface area contributed by atoms with Crippen molar-refractivity contribution in [2.24, 2.45) is 0 Å². The van der Waals surface area contributed by atoms with Crippen LogP contribution in [-0.4, -0.2) is 77.1 Å². The topological polar surface area (TPSA) is 114 Å². The van der Waals surface area contributed by atoms with Crippen LogP contribution in [0.4, 0.5) is 4.39 Å². The Balaban J connectivity index is 1.03. The molecule has 2 amide bonds. The zero-order valence-electron chi connectivity index (χ0n) is 22.8. The lowest BCUT2D eigenvalue weighted by molar-refractivity contribution is -0.132. The van der Waals surface area contributed by atoms with Crippen LogP contribution in [0.25, 0.3) is 11.4 Å². The van der Waals surface area contributed by atoms with Crippen molar-refractivity contribution in [1.82, 2.24) is 25.3 Å². The van der Waals surface area contributed by atoms with Gasteiger partial charge in [-0.3, -0.25) is 9.59 Å².